The van der Waals surface area contributed by atoms with Gasteiger partial charge in [-0.3, -0.25) is 14.5 Å². The van der Waals surface area contributed by atoms with E-state index in [1.54, 1.807) is 11.0 Å². The Balaban J connectivity index is 1.43. The van der Waals surface area contributed by atoms with Crippen molar-refractivity contribution in [3.05, 3.63) is 24.2 Å². The Morgan fingerprint density at radius 2 is 2.08 bits per heavy atom. The summed E-state index contributed by atoms with van der Waals surface area (Å²) >= 11 is 0. The van der Waals surface area contributed by atoms with E-state index in [1.807, 2.05) is 0 Å². The van der Waals surface area contributed by atoms with Crippen LogP contribution >= 0.6 is 0 Å². The lowest BCUT2D eigenvalue weighted by Gasteiger charge is -2.32. The predicted octanol–water partition coefficient (Wildman–Crippen LogP) is 0.580. The number of nitrogens with one attached hydrogen (secondary N) is 1. The highest BCUT2D eigenvalue weighted by molar-refractivity contribution is 5.94. The van der Waals surface area contributed by atoms with E-state index >= 15 is 0 Å². The van der Waals surface area contributed by atoms with E-state index < -0.39 is 0 Å². The second-order valence-corrected chi connectivity index (χ2v) is 6.35. The molecule has 132 valence electrons. The van der Waals surface area contributed by atoms with Crippen molar-refractivity contribution in [2.24, 2.45) is 5.92 Å². The van der Waals surface area contributed by atoms with Crippen LogP contribution in [0.25, 0.3) is 0 Å². The quantitative estimate of drug-likeness (QED) is 0.852. The Bertz CT molecular complexity index is 540. The maximum Gasteiger partial charge on any atom is 0.257 e. The third-order valence-electron chi connectivity index (χ3n) is 4.68. The molecule has 0 aliphatic carbocycles. The largest absolute Gasteiger partial charge is 0.472 e. The van der Waals surface area contributed by atoms with Crippen molar-refractivity contribution >= 4 is 11.8 Å². The number of amides is 2. The van der Waals surface area contributed by atoms with Gasteiger partial charge in [-0.15, -0.1) is 0 Å². The number of hydrogen-bond donors (Lipinski definition) is 1. The summed E-state index contributed by atoms with van der Waals surface area (Å²) in [5.41, 5.74) is 0.545. The standard InChI is InChI=1S/C17H25N3O4/c21-16(18-4-6-19-7-10-23-11-8-19)14-2-1-5-20(12-14)17(22)15-3-9-24-13-15/h3,9,13-14H,1-2,4-8,10-12H2,(H,18,21). The lowest BCUT2D eigenvalue weighted by molar-refractivity contribution is -0.126. The number of piperidine rings is 1. The Labute approximate surface area is 141 Å². The molecule has 2 aliphatic rings. The second-order valence-electron chi connectivity index (χ2n) is 6.35. The molecule has 1 aromatic rings. The van der Waals surface area contributed by atoms with Crippen molar-refractivity contribution in [1.82, 2.24) is 15.1 Å². The zero-order chi connectivity index (χ0) is 16.8. The number of carbonyl (C=O) groups is 2. The highest BCUT2D eigenvalue weighted by atomic mass is 16.5. The Morgan fingerprint density at radius 3 is 2.83 bits per heavy atom. The third kappa shape index (κ3) is 4.36. The fourth-order valence-corrected chi connectivity index (χ4v) is 3.25. The summed E-state index contributed by atoms with van der Waals surface area (Å²) < 4.78 is 10.3. The molecule has 0 spiro atoms. The van der Waals surface area contributed by atoms with E-state index in [0.717, 1.165) is 45.7 Å². The second kappa shape index (κ2) is 8.30. The number of carbonyl (C=O) groups excluding carboxylic acids is 2. The minimum absolute atomic E-state index is 0.0490. The molecular weight excluding hydrogens is 310 g/mol. The number of ether oxygens (including phenoxy) is 1. The maximum absolute atomic E-state index is 12.4. The van der Waals surface area contributed by atoms with E-state index in [0.29, 0.717) is 25.2 Å². The maximum atomic E-state index is 12.4. The van der Waals surface area contributed by atoms with Gasteiger partial charge in [0.25, 0.3) is 5.91 Å². The lowest BCUT2D eigenvalue weighted by atomic mass is 9.96. The normalized spacial score (nSPS) is 22.3. The van der Waals surface area contributed by atoms with Gasteiger partial charge in [-0.2, -0.15) is 0 Å². The van der Waals surface area contributed by atoms with E-state index in [9.17, 15) is 9.59 Å². The van der Waals surface area contributed by atoms with Crippen molar-refractivity contribution in [3.8, 4) is 0 Å². The molecule has 2 amide bonds. The van der Waals surface area contributed by atoms with Crippen molar-refractivity contribution in [1.29, 1.82) is 0 Å². The molecule has 3 heterocycles. The van der Waals surface area contributed by atoms with Crippen LogP contribution in [0.4, 0.5) is 0 Å². The first-order valence-corrected chi connectivity index (χ1v) is 8.63. The highest BCUT2D eigenvalue weighted by Gasteiger charge is 2.29. The van der Waals surface area contributed by atoms with E-state index in [2.05, 4.69) is 10.2 Å². The molecule has 2 saturated heterocycles. The summed E-state index contributed by atoms with van der Waals surface area (Å²) in [5.74, 6) is -0.137. The Kier molecular flexibility index (Phi) is 5.87. The lowest BCUT2D eigenvalue weighted by Crippen LogP contribution is -2.47. The van der Waals surface area contributed by atoms with E-state index in [1.165, 1.54) is 12.5 Å². The predicted molar refractivity (Wildman–Crippen MR) is 87.6 cm³/mol. The summed E-state index contributed by atoms with van der Waals surface area (Å²) in [6.45, 7) is 6.04. The molecule has 2 aliphatic heterocycles. The number of rotatable bonds is 5. The molecule has 2 fully saturated rings. The summed E-state index contributed by atoms with van der Waals surface area (Å²) in [4.78, 5) is 28.8. The van der Waals surface area contributed by atoms with Gasteiger partial charge in [0.15, 0.2) is 0 Å². The van der Waals surface area contributed by atoms with Gasteiger partial charge in [0, 0.05) is 39.3 Å². The minimum Gasteiger partial charge on any atom is -0.472 e. The van der Waals surface area contributed by atoms with Gasteiger partial charge in [0.05, 0.1) is 31.0 Å². The zero-order valence-corrected chi connectivity index (χ0v) is 13.9. The average Bonchev–Trinajstić information content (AvgIpc) is 3.16. The molecule has 0 bridgehead atoms. The molecular formula is C17H25N3O4. The van der Waals surface area contributed by atoms with E-state index in [4.69, 9.17) is 9.15 Å². The smallest absolute Gasteiger partial charge is 0.257 e. The zero-order valence-electron chi connectivity index (χ0n) is 13.9. The van der Waals surface area contributed by atoms with Crippen molar-refractivity contribution in [3.63, 3.8) is 0 Å². The van der Waals surface area contributed by atoms with Gasteiger partial charge in [-0.1, -0.05) is 0 Å². The summed E-state index contributed by atoms with van der Waals surface area (Å²) in [6, 6.07) is 1.66. The van der Waals surface area contributed by atoms with E-state index in [-0.39, 0.29) is 17.7 Å². The molecule has 0 aromatic carbocycles. The van der Waals surface area contributed by atoms with Crippen molar-refractivity contribution in [2.45, 2.75) is 12.8 Å². The molecule has 0 radical (unpaired) electrons. The van der Waals surface area contributed by atoms with Gasteiger partial charge in [-0.25, -0.2) is 0 Å². The molecule has 0 saturated carbocycles. The van der Waals surface area contributed by atoms with Crippen LogP contribution in [0, 0.1) is 5.92 Å². The average molecular weight is 335 g/mol. The number of nitrogens with zero attached hydrogens (tertiary/aromatic N) is 2. The fourth-order valence-electron chi connectivity index (χ4n) is 3.25. The minimum atomic E-state index is -0.126. The number of morpholine rings is 1. The highest BCUT2D eigenvalue weighted by Crippen LogP contribution is 2.19. The van der Waals surface area contributed by atoms with Crippen LogP contribution in [0.3, 0.4) is 0 Å². The number of furan rings is 1. The van der Waals surface area contributed by atoms with Crippen LogP contribution in [0.15, 0.2) is 23.0 Å². The topological polar surface area (TPSA) is 75.0 Å². The Morgan fingerprint density at radius 1 is 1.25 bits per heavy atom. The number of hydrogen-bond acceptors (Lipinski definition) is 5. The molecule has 3 rings (SSSR count). The van der Waals surface area contributed by atoms with Gasteiger partial charge < -0.3 is 19.4 Å². The number of likely N-dealkylation sites (tertiary alicyclic amines) is 1. The first kappa shape index (κ1) is 17.0. The van der Waals surface area contributed by atoms with Gasteiger partial charge >= 0.3 is 0 Å². The van der Waals surface area contributed by atoms with Crippen LogP contribution in [0.1, 0.15) is 23.2 Å². The van der Waals surface area contributed by atoms with Crippen LogP contribution < -0.4 is 5.32 Å². The molecule has 24 heavy (non-hydrogen) atoms. The SMILES string of the molecule is O=C(NCCN1CCOCC1)C1CCCN(C(=O)c2ccoc2)C1. The van der Waals surface area contributed by atoms with Gasteiger partial charge in [0.2, 0.25) is 5.91 Å². The summed E-state index contributed by atoms with van der Waals surface area (Å²) in [7, 11) is 0. The monoisotopic (exact) mass is 335 g/mol. The van der Waals surface area contributed by atoms with Gasteiger partial charge in [-0.05, 0) is 18.9 Å². The fraction of sp³-hybridized carbons (Fsp3) is 0.647. The first-order valence-electron chi connectivity index (χ1n) is 8.63. The van der Waals surface area contributed by atoms with Crippen LogP contribution in [0.5, 0.6) is 0 Å². The van der Waals surface area contributed by atoms with Crippen LogP contribution in [-0.4, -0.2) is 74.1 Å². The first-order chi connectivity index (χ1) is 11.7. The van der Waals surface area contributed by atoms with Crippen LogP contribution in [0.2, 0.25) is 0 Å². The molecule has 7 nitrogen and oxygen atoms in total. The molecule has 1 unspecified atom stereocenters. The summed E-state index contributed by atoms with van der Waals surface area (Å²) in [6.07, 6.45) is 4.63. The van der Waals surface area contributed by atoms with Gasteiger partial charge in [0.1, 0.15) is 6.26 Å². The molecule has 1 atom stereocenters. The molecule has 1 aromatic heterocycles. The molecule has 1 N–H and O–H groups in total. The van der Waals surface area contributed by atoms with Crippen LogP contribution in [-0.2, 0) is 9.53 Å². The van der Waals surface area contributed by atoms with Crippen molar-refractivity contribution < 1.29 is 18.7 Å². The third-order valence-corrected chi connectivity index (χ3v) is 4.68. The molecule has 7 heteroatoms. The summed E-state index contributed by atoms with van der Waals surface area (Å²) in [5, 5.41) is 3.02. The Hall–Kier alpha value is -1.86. The van der Waals surface area contributed by atoms with Crippen molar-refractivity contribution in [2.75, 3.05) is 52.5 Å².